The summed E-state index contributed by atoms with van der Waals surface area (Å²) in [7, 11) is 0. The van der Waals surface area contributed by atoms with Gasteiger partial charge in [0, 0.05) is 30.0 Å². The molecule has 6 heteroatoms. The Bertz CT molecular complexity index is 609. The molecule has 1 heterocycles. The van der Waals surface area contributed by atoms with Crippen molar-refractivity contribution in [2.24, 2.45) is 0 Å². The molecule has 0 saturated heterocycles. The molecule has 5 nitrogen and oxygen atoms in total. The van der Waals surface area contributed by atoms with E-state index in [0.29, 0.717) is 16.3 Å². The molecule has 0 radical (unpaired) electrons. The first kappa shape index (κ1) is 14.4. The van der Waals surface area contributed by atoms with Crippen LogP contribution in [0, 0.1) is 0 Å². The number of carbonyl (C=O) groups excluding carboxylic acids is 1. The predicted octanol–water partition coefficient (Wildman–Crippen LogP) is 3.24. The van der Waals surface area contributed by atoms with Gasteiger partial charge in [0.25, 0.3) is 5.91 Å². The Morgan fingerprint density at radius 2 is 2.20 bits per heavy atom. The highest BCUT2D eigenvalue weighted by molar-refractivity contribution is 6.31. The number of hydrogen-bond donors (Lipinski definition) is 2. The van der Waals surface area contributed by atoms with Crippen molar-refractivity contribution in [2.75, 3.05) is 17.2 Å². The number of carbonyl (C=O) groups is 1. The summed E-state index contributed by atoms with van der Waals surface area (Å²) in [4.78, 5) is 12.3. The van der Waals surface area contributed by atoms with Gasteiger partial charge in [-0.05, 0) is 32.0 Å². The van der Waals surface area contributed by atoms with E-state index in [2.05, 4.69) is 15.7 Å². The summed E-state index contributed by atoms with van der Waals surface area (Å²) in [5.41, 5.74) is 1.94. The van der Waals surface area contributed by atoms with E-state index >= 15 is 0 Å². The normalized spacial score (nSPS) is 10.3. The van der Waals surface area contributed by atoms with E-state index < -0.39 is 0 Å². The summed E-state index contributed by atoms with van der Waals surface area (Å²) in [6.07, 6.45) is 3.41. The van der Waals surface area contributed by atoms with Crippen molar-refractivity contribution in [1.82, 2.24) is 9.78 Å². The van der Waals surface area contributed by atoms with Gasteiger partial charge in [-0.3, -0.25) is 9.48 Å². The quantitative estimate of drug-likeness (QED) is 0.889. The van der Waals surface area contributed by atoms with E-state index in [-0.39, 0.29) is 5.91 Å². The first-order valence-electron chi connectivity index (χ1n) is 6.51. The largest absolute Gasteiger partial charge is 0.385 e. The minimum atomic E-state index is -0.209. The molecule has 0 aliphatic rings. The van der Waals surface area contributed by atoms with Crippen molar-refractivity contribution < 1.29 is 4.79 Å². The molecule has 2 N–H and O–H groups in total. The zero-order chi connectivity index (χ0) is 14.5. The standard InChI is InChI=1S/C14H17ClN4O/c1-3-16-13-6-5-10(15)7-12(13)14(20)18-11-8-17-19(4-2)9-11/h5-9,16H,3-4H2,1-2H3,(H,18,20). The van der Waals surface area contributed by atoms with Crippen molar-refractivity contribution >= 4 is 28.9 Å². The van der Waals surface area contributed by atoms with E-state index in [1.165, 1.54) is 0 Å². The van der Waals surface area contributed by atoms with E-state index in [0.717, 1.165) is 18.8 Å². The third-order valence-corrected chi connectivity index (χ3v) is 3.04. The fourth-order valence-electron chi connectivity index (χ4n) is 1.85. The maximum Gasteiger partial charge on any atom is 0.257 e. The van der Waals surface area contributed by atoms with Gasteiger partial charge in [-0.1, -0.05) is 11.6 Å². The third-order valence-electron chi connectivity index (χ3n) is 2.81. The van der Waals surface area contributed by atoms with Gasteiger partial charge in [0.2, 0.25) is 0 Å². The summed E-state index contributed by atoms with van der Waals surface area (Å²) in [6.45, 7) is 5.45. The lowest BCUT2D eigenvalue weighted by Crippen LogP contribution is -2.14. The molecule has 20 heavy (non-hydrogen) atoms. The number of nitrogens with zero attached hydrogens (tertiary/aromatic N) is 2. The second-order valence-corrected chi connectivity index (χ2v) is 4.70. The molecule has 1 aromatic heterocycles. The van der Waals surface area contributed by atoms with E-state index in [4.69, 9.17) is 11.6 Å². The average molecular weight is 293 g/mol. The Balaban J connectivity index is 2.21. The zero-order valence-corrected chi connectivity index (χ0v) is 12.2. The molecule has 0 aliphatic heterocycles. The van der Waals surface area contributed by atoms with Crippen LogP contribution in [0.1, 0.15) is 24.2 Å². The third kappa shape index (κ3) is 3.30. The van der Waals surface area contributed by atoms with Crippen LogP contribution >= 0.6 is 11.6 Å². The number of anilines is 2. The van der Waals surface area contributed by atoms with Crippen molar-refractivity contribution in [3.8, 4) is 0 Å². The van der Waals surface area contributed by atoms with Crippen LogP contribution in [0.5, 0.6) is 0 Å². The second-order valence-electron chi connectivity index (χ2n) is 4.26. The monoisotopic (exact) mass is 292 g/mol. The highest BCUT2D eigenvalue weighted by Crippen LogP contribution is 2.22. The number of nitrogens with one attached hydrogen (secondary N) is 2. The molecule has 0 unspecified atom stereocenters. The van der Waals surface area contributed by atoms with Crippen LogP contribution < -0.4 is 10.6 Å². The van der Waals surface area contributed by atoms with Crippen molar-refractivity contribution in [2.45, 2.75) is 20.4 Å². The smallest absolute Gasteiger partial charge is 0.257 e. The Labute approximate surface area is 122 Å². The molecule has 0 aliphatic carbocycles. The minimum Gasteiger partial charge on any atom is -0.385 e. The Kier molecular flexibility index (Phi) is 4.63. The van der Waals surface area contributed by atoms with Crippen molar-refractivity contribution in [1.29, 1.82) is 0 Å². The van der Waals surface area contributed by atoms with Gasteiger partial charge in [0.15, 0.2) is 0 Å². The topological polar surface area (TPSA) is 59.0 Å². The molecule has 0 fully saturated rings. The Morgan fingerprint density at radius 3 is 2.85 bits per heavy atom. The van der Waals surface area contributed by atoms with Crippen LogP contribution in [-0.4, -0.2) is 22.2 Å². The molecule has 2 aromatic rings. The Hall–Kier alpha value is -2.01. The van der Waals surface area contributed by atoms with Gasteiger partial charge >= 0.3 is 0 Å². The SMILES string of the molecule is CCNc1ccc(Cl)cc1C(=O)Nc1cnn(CC)c1. The van der Waals surface area contributed by atoms with Crippen LogP contribution in [0.25, 0.3) is 0 Å². The van der Waals surface area contributed by atoms with Crippen molar-refractivity contribution in [3.05, 3.63) is 41.2 Å². The molecule has 0 spiro atoms. The maximum absolute atomic E-state index is 12.3. The van der Waals surface area contributed by atoms with Crippen LogP contribution in [0.2, 0.25) is 5.02 Å². The number of hydrogen-bond acceptors (Lipinski definition) is 3. The predicted molar refractivity (Wildman–Crippen MR) is 81.5 cm³/mol. The first-order valence-corrected chi connectivity index (χ1v) is 6.89. The summed E-state index contributed by atoms with van der Waals surface area (Å²) in [5, 5.41) is 10.6. The molecule has 0 atom stereocenters. The lowest BCUT2D eigenvalue weighted by Gasteiger charge is -2.10. The molecule has 0 saturated carbocycles. The number of aryl methyl sites for hydroxylation is 1. The summed E-state index contributed by atoms with van der Waals surface area (Å²) >= 11 is 5.97. The minimum absolute atomic E-state index is 0.209. The highest BCUT2D eigenvalue weighted by Gasteiger charge is 2.13. The molecule has 0 bridgehead atoms. The Morgan fingerprint density at radius 1 is 1.40 bits per heavy atom. The maximum atomic E-state index is 12.3. The van der Waals surface area contributed by atoms with Gasteiger partial charge in [0.05, 0.1) is 17.4 Å². The fourth-order valence-corrected chi connectivity index (χ4v) is 2.02. The van der Waals surface area contributed by atoms with Crippen molar-refractivity contribution in [3.63, 3.8) is 0 Å². The lowest BCUT2D eigenvalue weighted by atomic mass is 10.1. The zero-order valence-electron chi connectivity index (χ0n) is 11.5. The van der Waals surface area contributed by atoms with E-state index in [1.54, 1.807) is 35.3 Å². The van der Waals surface area contributed by atoms with Crippen LogP contribution in [0.4, 0.5) is 11.4 Å². The number of rotatable bonds is 5. The van der Waals surface area contributed by atoms with Gasteiger partial charge in [0.1, 0.15) is 0 Å². The van der Waals surface area contributed by atoms with Gasteiger partial charge in [-0.25, -0.2) is 0 Å². The molecular formula is C14H17ClN4O. The molecule has 106 valence electrons. The van der Waals surface area contributed by atoms with Gasteiger partial charge < -0.3 is 10.6 Å². The van der Waals surface area contributed by atoms with Crippen LogP contribution in [0.3, 0.4) is 0 Å². The number of aromatic nitrogens is 2. The second kappa shape index (κ2) is 6.43. The van der Waals surface area contributed by atoms with E-state index in [9.17, 15) is 4.79 Å². The highest BCUT2D eigenvalue weighted by atomic mass is 35.5. The van der Waals surface area contributed by atoms with Crippen LogP contribution in [-0.2, 0) is 6.54 Å². The lowest BCUT2D eigenvalue weighted by molar-refractivity contribution is 0.102. The summed E-state index contributed by atoms with van der Waals surface area (Å²) < 4.78 is 1.75. The first-order chi connectivity index (χ1) is 9.63. The molecular weight excluding hydrogens is 276 g/mol. The van der Waals surface area contributed by atoms with Crippen LogP contribution in [0.15, 0.2) is 30.6 Å². The number of amides is 1. The molecule has 1 amide bonds. The van der Waals surface area contributed by atoms with E-state index in [1.807, 2.05) is 13.8 Å². The summed E-state index contributed by atoms with van der Waals surface area (Å²) in [6, 6.07) is 5.21. The van der Waals surface area contributed by atoms with Gasteiger partial charge in [-0.2, -0.15) is 5.10 Å². The number of halogens is 1. The molecule has 1 aromatic carbocycles. The molecule has 2 rings (SSSR count). The fraction of sp³-hybridized carbons (Fsp3) is 0.286. The number of benzene rings is 1. The van der Waals surface area contributed by atoms with Gasteiger partial charge in [-0.15, -0.1) is 0 Å². The average Bonchev–Trinajstić information content (AvgIpc) is 2.88. The summed E-state index contributed by atoms with van der Waals surface area (Å²) in [5.74, 6) is -0.209.